The highest BCUT2D eigenvalue weighted by Crippen LogP contribution is 2.28. The maximum atomic E-state index is 12.7. The minimum Gasteiger partial charge on any atom is -0.322 e. The number of nitrogens with one attached hydrogen (secondary N) is 2. The first-order valence-electron chi connectivity index (χ1n) is 9.03. The second kappa shape index (κ2) is 8.01. The maximum Gasteiger partial charge on any atom is 0.255 e. The summed E-state index contributed by atoms with van der Waals surface area (Å²) in [5, 5.41) is 2.95. The van der Waals surface area contributed by atoms with Crippen molar-refractivity contribution in [3.8, 4) is 0 Å². The van der Waals surface area contributed by atoms with Crippen molar-refractivity contribution in [1.29, 1.82) is 0 Å². The molecule has 0 radical (unpaired) electrons. The Balaban J connectivity index is 1.82. The molecule has 0 aromatic heterocycles. The largest absolute Gasteiger partial charge is 0.322 e. The van der Waals surface area contributed by atoms with E-state index in [-0.39, 0.29) is 10.8 Å². The fraction of sp³-hybridized carbons (Fsp3) is 0.350. The number of fused-ring (bicyclic) bond motifs is 1. The molecule has 0 atom stereocenters. The molecule has 2 N–H and O–H groups in total. The summed E-state index contributed by atoms with van der Waals surface area (Å²) in [5.41, 5.74) is 3.64. The van der Waals surface area contributed by atoms with Gasteiger partial charge < -0.3 is 5.32 Å². The second-order valence-electron chi connectivity index (χ2n) is 6.53. The van der Waals surface area contributed by atoms with Crippen molar-refractivity contribution >= 4 is 21.6 Å². The monoisotopic (exact) mass is 372 g/mol. The van der Waals surface area contributed by atoms with Gasteiger partial charge in [0.05, 0.1) is 4.90 Å². The topological polar surface area (TPSA) is 75.3 Å². The highest BCUT2D eigenvalue weighted by atomic mass is 32.2. The van der Waals surface area contributed by atoms with E-state index in [0.29, 0.717) is 18.5 Å². The molecule has 0 heterocycles. The van der Waals surface area contributed by atoms with Gasteiger partial charge in [0.25, 0.3) is 5.91 Å². The first-order valence-corrected chi connectivity index (χ1v) is 10.5. The van der Waals surface area contributed by atoms with E-state index < -0.39 is 10.0 Å². The van der Waals surface area contributed by atoms with Crippen molar-refractivity contribution in [1.82, 2.24) is 4.72 Å². The fourth-order valence-corrected chi connectivity index (χ4v) is 4.40. The van der Waals surface area contributed by atoms with E-state index in [2.05, 4.69) is 16.1 Å². The van der Waals surface area contributed by atoms with Gasteiger partial charge in [0.15, 0.2) is 0 Å². The first-order chi connectivity index (χ1) is 12.5. The molecule has 1 aliphatic carbocycles. The Kier molecular flexibility index (Phi) is 5.74. The van der Waals surface area contributed by atoms with Crippen molar-refractivity contribution in [3.05, 3.63) is 59.2 Å². The summed E-state index contributed by atoms with van der Waals surface area (Å²) >= 11 is 0. The summed E-state index contributed by atoms with van der Waals surface area (Å²) in [7, 11) is -3.60. The van der Waals surface area contributed by atoms with Crippen LogP contribution in [0.15, 0.2) is 47.4 Å². The number of carbonyl (C=O) groups is 1. The lowest BCUT2D eigenvalue weighted by molar-refractivity contribution is 0.102. The van der Waals surface area contributed by atoms with Gasteiger partial charge in [-0.2, -0.15) is 0 Å². The Hall–Kier alpha value is -2.18. The van der Waals surface area contributed by atoms with Gasteiger partial charge >= 0.3 is 0 Å². The van der Waals surface area contributed by atoms with Crippen LogP contribution in [0, 0.1) is 0 Å². The normalized spacial score (nSPS) is 13.9. The van der Waals surface area contributed by atoms with Crippen LogP contribution < -0.4 is 10.0 Å². The van der Waals surface area contributed by atoms with E-state index in [0.717, 1.165) is 24.9 Å². The van der Waals surface area contributed by atoms with Gasteiger partial charge in [-0.25, -0.2) is 13.1 Å². The standard InChI is InChI=1S/C20H24N2O3S/c1-2-13-21-26(24,25)17-10-5-9-16(14-17)20(23)22-19-12-6-8-15-7-3-4-11-18(15)19/h5-6,8-10,12,14,21H,2-4,7,11,13H2,1H3,(H,22,23). The molecule has 0 fully saturated rings. The average Bonchev–Trinajstić information content (AvgIpc) is 2.67. The maximum absolute atomic E-state index is 12.7. The van der Waals surface area contributed by atoms with Crippen LogP contribution in [0.4, 0.5) is 5.69 Å². The first kappa shape index (κ1) is 18.6. The predicted molar refractivity (Wildman–Crippen MR) is 103 cm³/mol. The van der Waals surface area contributed by atoms with Crippen LogP contribution in [0.2, 0.25) is 0 Å². The second-order valence-corrected chi connectivity index (χ2v) is 8.30. The van der Waals surface area contributed by atoms with Crippen LogP contribution >= 0.6 is 0 Å². The van der Waals surface area contributed by atoms with Crippen LogP contribution in [0.1, 0.15) is 47.7 Å². The molecule has 3 rings (SSSR count). The molecule has 5 nitrogen and oxygen atoms in total. The Labute approximate surface area is 154 Å². The highest BCUT2D eigenvalue weighted by molar-refractivity contribution is 7.89. The number of rotatable bonds is 6. The molecule has 0 spiro atoms. The Morgan fingerprint density at radius 2 is 1.85 bits per heavy atom. The Bertz CT molecular complexity index is 907. The summed E-state index contributed by atoms with van der Waals surface area (Å²) in [6.45, 7) is 2.27. The minimum atomic E-state index is -3.60. The summed E-state index contributed by atoms with van der Waals surface area (Å²) in [4.78, 5) is 12.8. The van der Waals surface area contributed by atoms with E-state index in [1.165, 1.54) is 29.7 Å². The fourth-order valence-electron chi connectivity index (χ4n) is 3.22. The van der Waals surface area contributed by atoms with E-state index in [4.69, 9.17) is 0 Å². The van der Waals surface area contributed by atoms with Gasteiger partial charge in [0.2, 0.25) is 10.0 Å². The molecule has 0 aliphatic heterocycles. The van der Waals surface area contributed by atoms with Gasteiger partial charge in [-0.1, -0.05) is 25.1 Å². The molecule has 0 unspecified atom stereocenters. The van der Waals surface area contributed by atoms with Crippen molar-refractivity contribution in [3.63, 3.8) is 0 Å². The quantitative estimate of drug-likeness (QED) is 0.815. The molecule has 2 aromatic carbocycles. The molecule has 138 valence electrons. The molecule has 1 aliphatic rings. The molecule has 0 bridgehead atoms. The molecule has 0 saturated carbocycles. The SMILES string of the molecule is CCCNS(=O)(=O)c1cccc(C(=O)Nc2cccc3c2CCCC3)c1. The minimum absolute atomic E-state index is 0.105. The molecular formula is C20H24N2O3S. The number of benzene rings is 2. The lowest BCUT2D eigenvalue weighted by Crippen LogP contribution is -2.24. The van der Waals surface area contributed by atoms with Crippen molar-refractivity contribution in [2.75, 3.05) is 11.9 Å². The van der Waals surface area contributed by atoms with Crippen LogP contribution in [0.25, 0.3) is 0 Å². The number of amides is 1. The van der Waals surface area contributed by atoms with Crippen LogP contribution in [0.3, 0.4) is 0 Å². The van der Waals surface area contributed by atoms with Gasteiger partial charge in [0, 0.05) is 17.8 Å². The zero-order chi connectivity index (χ0) is 18.6. The number of anilines is 1. The van der Waals surface area contributed by atoms with E-state index >= 15 is 0 Å². The molecule has 0 saturated heterocycles. The summed E-state index contributed by atoms with van der Waals surface area (Å²) in [6, 6.07) is 12.1. The van der Waals surface area contributed by atoms with Gasteiger partial charge in [-0.05, 0) is 67.5 Å². The highest BCUT2D eigenvalue weighted by Gasteiger charge is 2.18. The molecule has 26 heavy (non-hydrogen) atoms. The van der Waals surface area contributed by atoms with Gasteiger partial charge in [-0.15, -0.1) is 0 Å². The number of hydrogen-bond acceptors (Lipinski definition) is 3. The molecule has 1 amide bonds. The van der Waals surface area contributed by atoms with Crippen LogP contribution in [-0.2, 0) is 22.9 Å². The van der Waals surface area contributed by atoms with Gasteiger partial charge in [-0.3, -0.25) is 4.79 Å². The zero-order valence-electron chi connectivity index (χ0n) is 14.9. The third-order valence-corrected chi connectivity index (χ3v) is 6.05. The van der Waals surface area contributed by atoms with E-state index in [1.54, 1.807) is 12.1 Å². The van der Waals surface area contributed by atoms with Crippen molar-refractivity contribution < 1.29 is 13.2 Å². The lowest BCUT2D eigenvalue weighted by Gasteiger charge is -2.19. The lowest BCUT2D eigenvalue weighted by atomic mass is 9.90. The number of hydrogen-bond donors (Lipinski definition) is 2. The number of carbonyl (C=O) groups excluding carboxylic acids is 1. The Morgan fingerprint density at radius 1 is 1.08 bits per heavy atom. The van der Waals surface area contributed by atoms with Crippen LogP contribution in [0.5, 0.6) is 0 Å². The number of sulfonamides is 1. The summed E-state index contributed by atoms with van der Waals surface area (Å²) < 4.78 is 27.1. The molecule has 6 heteroatoms. The molecule has 2 aromatic rings. The van der Waals surface area contributed by atoms with Crippen molar-refractivity contribution in [2.45, 2.75) is 43.9 Å². The Morgan fingerprint density at radius 3 is 2.65 bits per heavy atom. The molecular weight excluding hydrogens is 348 g/mol. The van der Waals surface area contributed by atoms with E-state index in [9.17, 15) is 13.2 Å². The summed E-state index contributed by atoms with van der Waals surface area (Å²) in [5.74, 6) is -0.295. The zero-order valence-corrected chi connectivity index (χ0v) is 15.7. The van der Waals surface area contributed by atoms with Crippen LogP contribution in [-0.4, -0.2) is 20.9 Å². The predicted octanol–water partition coefficient (Wildman–Crippen LogP) is 3.51. The van der Waals surface area contributed by atoms with Gasteiger partial charge in [0.1, 0.15) is 0 Å². The number of aryl methyl sites for hydroxylation is 1. The van der Waals surface area contributed by atoms with E-state index in [1.807, 2.05) is 19.1 Å². The summed E-state index contributed by atoms with van der Waals surface area (Å²) in [6.07, 6.45) is 5.00. The van der Waals surface area contributed by atoms with Crippen molar-refractivity contribution in [2.24, 2.45) is 0 Å². The smallest absolute Gasteiger partial charge is 0.255 e. The average molecular weight is 372 g/mol. The third kappa shape index (κ3) is 4.14. The third-order valence-electron chi connectivity index (χ3n) is 4.59.